The minimum absolute atomic E-state index is 0.965. The van der Waals surface area contributed by atoms with E-state index in [1.54, 1.807) is 0 Å². The van der Waals surface area contributed by atoms with Crippen LogP contribution < -0.4 is 0 Å². The van der Waals surface area contributed by atoms with Crippen LogP contribution in [0.5, 0.6) is 0 Å². The number of hydrogen-bond donors (Lipinski definition) is 0. The molecular formula is C31H64. The van der Waals surface area contributed by atoms with E-state index in [4.69, 9.17) is 0 Å². The highest BCUT2D eigenvalue weighted by atomic mass is 14.1. The van der Waals surface area contributed by atoms with Crippen LogP contribution in [0.25, 0.3) is 0 Å². The Kier molecular flexibility index (Phi) is 26.3. The molecule has 0 unspecified atom stereocenters. The first-order chi connectivity index (χ1) is 15.2. The molecule has 188 valence electrons. The van der Waals surface area contributed by atoms with Gasteiger partial charge in [0.05, 0.1) is 0 Å². The van der Waals surface area contributed by atoms with Crippen LogP contribution in [0.4, 0.5) is 0 Å². The molecule has 0 aliphatic rings. The van der Waals surface area contributed by atoms with Gasteiger partial charge in [0.15, 0.2) is 0 Å². The second kappa shape index (κ2) is 26.3. The highest BCUT2D eigenvalue weighted by molar-refractivity contribution is 4.57. The average Bonchev–Trinajstić information content (AvgIpc) is 2.77. The fraction of sp³-hybridized carbons (Fsp3) is 1.00. The van der Waals surface area contributed by atoms with Crippen molar-refractivity contribution in [1.82, 2.24) is 0 Å². The molecule has 0 aromatic heterocycles. The molecule has 0 fully saturated rings. The van der Waals surface area contributed by atoms with Crippen molar-refractivity contribution >= 4 is 0 Å². The Morgan fingerprint density at radius 3 is 0.806 bits per heavy atom. The van der Waals surface area contributed by atoms with Crippen LogP contribution >= 0.6 is 0 Å². The minimum atomic E-state index is 0.965. The van der Waals surface area contributed by atoms with Crippen LogP contribution in [0.15, 0.2) is 0 Å². The molecule has 0 aromatic rings. The van der Waals surface area contributed by atoms with Gasteiger partial charge in [-0.15, -0.1) is 0 Å². The maximum atomic E-state index is 2.50. The van der Waals surface area contributed by atoms with Crippen molar-refractivity contribution in [3.05, 3.63) is 0 Å². The van der Waals surface area contributed by atoms with Gasteiger partial charge in [0.25, 0.3) is 0 Å². The smallest absolute Gasteiger partial charge is 0.0443 e. The number of unbranched alkanes of at least 4 members (excludes halogenated alkanes) is 18. The van der Waals surface area contributed by atoms with E-state index in [1.165, 1.54) is 161 Å². The van der Waals surface area contributed by atoms with Gasteiger partial charge in [-0.25, -0.2) is 0 Å². The Morgan fingerprint density at radius 2 is 0.516 bits per heavy atom. The van der Waals surface area contributed by atoms with Crippen LogP contribution in [0, 0.1) is 11.8 Å². The van der Waals surface area contributed by atoms with Gasteiger partial charge in [0.1, 0.15) is 0 Å². The van der Waals surface area contributed by atoms with Gasteiger partial charge in [-0.1, -0.05) is 188 Å². The monoisotopic (exact) mass is 437 g/mol. The molecule has 2 atom stereocenters. The summed E-state index contributed by atoms with van der Waals surface area (Å²) < 4.78 is 0. The van der Waals surface area contributed by atoms with Crippen LogP contribution in [-0.4, -0.2) is 0 Å². The molecule has 0 heterocycles. The number of rotatable bonds is 26. The van der Waals surface area contributed by atoms with E-state index in [2.05, 4.69) is 27.7 Å². The lowest BCUT2D eigenvalue weighted by Gasteiger charge is -2.11. The van der Waals surface area contributed by atoms with Crippen LogP contribution in [-0.2, 0) is 0 Å². The van der Waals surface area contributed by atoms with Gasteiger partial charge >= 0.3 is 0 Å². The second-order valence-electron chi connectivity index (χ2n) is 11.1. The Bertz CT molecular complexity index is 307. The zero-order valence-corrected chi connectivity index (χ0v) is 22.8. The summed E-state index contributed by atoms with van der Waals surface area (Å²) in [6, 6.07) is 0. The van der Waals surface area contributed by atoms with Crippen molar-refractivity contribution in [2.75, 3.05) is 0 Å². The quantitative estimate of drug-likeness (QED) is 0.118. The Balaban J connectivity index is 3.18. The SMILES string of the molecule is CCCCCCCCCCCC[C@H](C)CCCCCCCCCCC[C@H](C)CCCC. The van der Waals surface area contributed by atoms with Gasteiger partial charge in [-0.2, -0.15) is 0 Å². The molecule has 0 aliphatic carbocycles. The third-order valence-electron chi connectivity index (χ3n) is 7.49. The fourth-order valence-corrected chi connectivity index (χ4v) is 5.04. The van der Waals surface area contributed by atoms with Gasteiger partial charge < -0.3 is 0 Å². The Labute approximate surface area is 200 Å². The van der Waals surface area contributed by atoms with E-state index in [9.17, 15) is 0 Å². The molecule has 0 radical (unpaired) electrons. The molecule has 0 saturated heterocycles. The third-order valence-corrected chi connectivity index (χ3v) is 7.49. The van der Waals surface area contributed by atoms with E-state index < -0.39 is 0 Å². The highest BCUT2D eigenvalue weighted by Crippen LogP contribution is 2.20. The van der Waals surface area contributed by atoms with Gasteiger partial charge in [0.2, 0.25) is 0 Å². The first-order valence-electron chi connectivity index (χ1n) is 15.2. The summed E-state index contributed by atoms with van der Waals surface area (Å²) in [5.74, 6) is 1.93. The first-order valence-corrected chi connectivity index (χ1v) is 15.2. The molecule has 0 bridgehead atoms. The molecule has 0 rings (SSSR count). The lowest BCUT2D eigenvalue weighted by Crippen LogP contribution is -1.95. The van der Waals surface area contributed by atoms with Crippen LogP contribution in [0.3, 0.4) is 0 Å². The molecule has 0 amide bonds. The molecule has 31 heavy (non-hydrogen) atoms. The van der Waals surface area contributed by atoms with Gasteiger partial charge in [0, 0.05) is 0 Å². The normalized spacial score (nSPS) is 13.5. The summed E-state index contributed by atoms with van der Waals surface area (Å²) in [5.41, 5.74) is 0. The lowest BCUT2D eigenvalue weighted by molar-refractivity contribution is 0.427. The van der Waals surface area contributed by atoms with Crippen LogP contribution in [0.1, 0.15) is 188 Å². The average molecular weight is 437 g/mol. The van der Waals surface area contributed by atoms with Crippen molar-refractivity contribution in [2.45, 2.75) is 188 Å². The van der Waals surface area contributed by atoms with Crippen molar-refractivity contribution in [3.8, 4) is 0 Å². The molecule has 0 spiro atoms. The van der Waals surface area contributed by atoms with E-state index in [1.807, 2.05) is 0 Å². The summed E-state index contributed by atoms with van der Waals surface area (Å²) in [7, 11) is 0. The van der Waals surface area contributed by atoms with Crippen molar-refractivity contribution in [1.29, 1.82) is 0 Å². The van der Waals surface area contributed by atoms with E-state index in [0.717, 1.165) is 11.8 Å². The third kappa shape index (κ3) is 26.1. The van der Waals surface area contributed by atoms with Crippen molar-refractivity contribution in [3.63, 3.8) is 0 Å². The molecule has 0 saturated carbocycles. The topological polar surface area (TPSA) is 0 Å². The zero-order valence-electron chi connectivity index (χ0n) is 22.8. The van der Waals surface area contributed by atoms with Crippen molar-refractivity contribution < 1.29 is 0 Å². The maximum Gasteiger partial charge on any atom is -0.0443 e. The van der Waals surface area contributed by atoms with Crippen molar-refractivity contribution in [2.24, 2.45) is 11.8 Å². The predicted octanol–water partition coefficient (Wildman–Crippen LogP) is 12.1. The van der Waals surface area contributed by atoms with Gasteiger partial charge in [-0.3, -0.25) is 0 Å². The molecular weight excluding hydrogens is 372 g/mol. The zero-order chi connectivity index (χ0) is 22.8. The Hall–Kier alpha value is 0. The van der Waals surface area contributed by atoms with Crippen LogP contribution in [0.2, 0.25) is 0 Å². The van der Waals surface area contributed by atoms with Gasteiger partial charge in [-0.05, 0) is 11.8 Å². The minimum Gasteiger partial charge on any atom is -0.0654 e. The highest BCUT2D eigenvalue weighted by Gasteiger charge is 2.03. The predicted molar refractivity (Wildman–Crippen MR) is 145 cm³/mol. The van der Waals surface area contributed by atoms with E-state index in [0.29, 0.717) is 0 Å². The lowest BCUT2D eigenvalue weighted by atomic mass is 9.95. The second-order valence-corrected chi connectivity index (χ2v) is 11.1. The molecule has 0 aromatic carbocycles. The molecule has 0 nitrogen and oxygen atoms in total. The fourth-order valence-electron chi connectivity index (χ4n) is 5.04. The molecule has 0 heteroatoms. The summed E-state index contributed by atoms with van der Waals surface area (Å²) in [6.45, 7) is 9.57. The maximum absolute atomic E-state index is 2.50. The number of hydrogen-bond acceptors (Lipinski definition) is 0. The summed E-state index contributed by atoms with van der Waals surface area (Å²) in [4.78, 5) is 0. The van der Waals surface area contributed by atoms with E-state index in [-0.39, 0.29) is 0 Å². The summed E-state index contributed by atoms with van der Waals surface area (Å²) in [6.07, 6.45) is 36.7. The van der Waals surface area contributed by atoms with E-state index >= 15 is 0 Å². The molecule has 0 N–H and O–H groups in total. The largest absolute Gasteiger partial charge is 0.0654 e. The Morgan fingerprint density at radius 1 is 0.290 bits per heavy atom. The first kappa shape index (κ1) is 31.0. The summed E-state index contributed by atoms with van der Waals surface area (Å²) in [5, 5.41) is 0. The summed E-state index contributed by atoms with van der Waals surface area (Å²) >= 11 is 0. The standard InChI is InChI=1S/C31H64/c1-5-7-9-10-11-12-14-17-21-24-28-31(4)29-25-22-19-16-13-15-18-20-23-27-30(3)26-8-6-2/h30-31H,5-29H2,1-4H3/t30-,31+/m1/s1. The molecule has 0 aliphatic heterocycles.